The molecule has 0 spiro atoms. The highest BCUT2D eigenvalue weighted by Gasteiger charge is 2.51. The van der Waals surface area contributed by atoms with Crippen molar-refractivity contribution in [2.24, 2.45) is 0 Å². The lowest BCUT2D eigenvalue weighted by molar-refractivity contribution is -0.144. The van der Waals surface area contributed by atoms with Crippen LogP contribution in [0.5, 0.6) is 0 Å². The van der Waals surface area contributed by atoms with E-state index < -0.39 is 154 Å². The number of hydrogen-bond donors (Lipinski definition) is 0. The van der Waals surface area contributed by atoms with Crippen molar-refractivity contribution in [2.75, 3.05) is 0 Å². The van der Waals surface area contributed by atoms with E-state index in [1.165, 1.54) is 18.2 Å². The summed E-state index contributed by atoms with van der Waals surface area (Å²) in [5, 5.41) is 70.9. The monoisotopic (exact) mass is 845 g/mol. The van der Waals surface area contributed by atoms with Gasteiger partial charge in [0.15, 0.2) is 0 Å². The molecule has 60 heavy (non-hydrogen) atoms. The summed E-state index contributed by atoms with van der Waals surface area (Å²) >= 11 is 0. The minimum Gasteiger partial charge on any atom is -0.192 e. The topological polar surface area (TPSA) is 167 Å². The molecule has 0 radical (unpaired) electrons. The van der Waals surface area contributed by atoms with Crippen LogP contribution in [0.4, 0.5) is 65.9 Å². The summed E-state index contributed by atoms with van der Waals surface area (Å²) in [6.07, 6.45) is -28.7. The van der Waals surface area contributed by atoms with E-state index >= 15 is 13.2 Å². The molecule has 22 heteroatoms. The van der Waals surface area contributed by atoms with Crippen LogP contribution >= 0.6 is 0 Å². The highest BCUT2D eigenvalue weighted by Crippen LogP contribution is 2.61. The molecule has 0 atom stereocenters. The van der Waals surface area contributed by atoms with Crippen LogP contribution in [0, 0.1) is 79.3 Å². The third-order valence-electron chi connectivity index (χ3n) is 8.82. The molecular formula is C38H6F15N7. The number of alkyl halides is 15. The van der Waals surface area contributed by atoms with E-state index in [-0.39, 0.29) is 24.3 Å². The highest BCUT2D eigenvalue weighted by molar-refractivity contribution is 6.32. The largest absolute Gasteiger partial charge is 0.417 e. The van der Waals surface area contributed by atoms with Gasteiger partial charge in [-0.05, 0) is 47.5 Å². The predicted octanol–water partition coefficient (Wildman–Crippen LogP) is 11.1. The number of hydrogen-bond acceptors (Lipinski definition) is 7. The quantitative estimate of drug-likeness (QED) is 0.183. The van der Waals surface area contributed by atoms with Crippen molar-refractivity contribution in [3.63, 3.8) is 0 Å². The summed E-state index contributed by atoms with van der Waals surface area (Å²) in [7, 11) is 0. The van der Waals surface area contributed by atoms with Gasteiger partial charge in [0, 0.05) is 44.5 Å². The minimum atomic E-state index is -6.09. The Morgan fingerprint density at radius 3 is 0.850 bits per heavy atom. The van der Waals surface area contributed by atoms with E-state index in [1.807, 2.05) is 0 Å². The molecule has 0 heterocycles. The van der Waals surface area contributed by atoms with Gasteiger partial charge in [0.1, 0.15) is 53.6 Å². The van der Waals surface area contributed by atoms with Gasteiger partial charge in [-0.2, -0.15) is 103 Å². The summed E-state index contributed by atoms with van der Waals surface area (Å²) < 4.78 is 215. The predicted molar refractivity (Wildman–Crippen MR) is 170 cm³/mol. The highest BCUT2D eigenvalue weighted by atomic mass is 19.4. The van der Waals surface area contributed by atoms with Gasteiger partial charge in [0.25, 0.3) is 0 Å². The summed E-state index contributed by atoms with van der Waals surface area (Å²) in [6, 6.07) is 6.81. The normalized spacial score (nSPS) is 13.9. The zero-order valence-corrected chi connectivity index (χ0v) is 28.3. The molecule has 7 nitrogen and oxygen atoms in total. The van der Waals surface area contributed by atoms with Crippen LogP contribution in [0.15, 0.2) is 47.5 Å². The molecule has 0 unspecified atom stereocenters. The van der Waals surface area contributed by atoms with E-state index in [4.69, 9.17) is 0 Å². The maximum Gasteiger partial charge on any atom is 0.417 e. The summed E-state index contributed by atoms with van der Waals surface area (Å²) in [5.41, 5.74) is -33.3. The minimum absolute atomic E-state index is 0.105. The molecule has 0 bridgehead atoms. The lowest BCUT2D eigenvalue weighted by Crippen LogP contribution is -2.16. The molecule has 0 amide bonds. The van der Waals surface area contributed by atoms with Crippen molar-refractivity contribution < 1.29 is 65.9 Å². The number of halogens is 15. The molecule has 0 saturated carbocycles. The number of nitrogens with zero attached hydrogens (tertiary/aromatic N) is 7. The Labute approximate surface area is 323 Å². The number of rotatable bonds is 2. The van der Waals surface area contributed by atoms with Crippen molar-refractivity contribution in [3.05, 3.63) is 114 Å². The Bertz CT molecular complexity index is 2640. The first-order chi connectivity index (χ1) is 27.6. The van der Waals surface area contributed by atoms with Crippen molar-refractivity contribution in [1.82, 2.24) is 0 Å². The molecule has 298 valence electrons. The SMILES string of the molecule is N#CC(C#N)=C1C(c2cc(C(F)(F)F)cc(C(F)(F)F)c2)=C(C#N)c2c(C#N)c3c(c(C(F)(F)F)c21)C(=C(C#N)C#N)C(c1cc(C(F)(F)F)cc(C(F)(F)F)c1)=C3C#N. The number of benzene rings is 3. The van der Waals surface area contributed by atoms with Crippen LogP contribution in [0.3, 0.4) is 0 Å². The van der Waals surface area contributed by atoms with Gasteiger partial charge in [0.2, 0.25) is 0 Å². The van der Waals surface area contributed by atoms with Crippen molar-refractivity contribution in [1.29, 1.82) is 36.8 Å². The van der Waals surface area contributed by atoms with Gasteiger partial charge in [0.05, 0.1) is 44.5 Å². The number of allylic oxidation sites excluding steroid dienone is 8. The van der Waals surface area contributed by atoms with Gasteiger partial charge in [-0.1, -0.05) is 0 Å². The van der Waals surface area contributed by atoms with Gasteiger partial charge in [-0.15, -0.1) is 0 Å². The first kappa shape index (κ1) is 43.1. The van der Waals surface area contributed by atoms with Crippen LogP contribution in [0.2, 0.25) is 0 Å². The zero-order valence-electron chi connectivity index (χ0n) is 28.3. The van der Waals surface area contributed by atoms with E-state index in [2.05, 4.69) is 0 Å². The zero-order chi connectivity index (χ0) is 45.2. The second-order valence-corrected chi connectivity index (χ2v) is 12.1. The third kappa shape index (κ3) is 6.89. The fraction of sp³-hybridized carbons (Fsp3) is 0.132. The average molecular weight is 845 g/mol. The molecule has 3 aromatic carbocycles. The van der Waals surface area contributed by atoms with Crippen LogP contribution in [-0.4, -0.2) is 0 Å². The summed E-state index contributed by atoms with van der Waals surface area (Å²) in [5.74, 6) is 0. The molecule has 0 aromatic heterocycles. The Hall–Kier alpha value is -8.00. The fourth-order valence-electron chi connectivity index (χ4n) is 6.67. The van der Waals surface area contributed by atoms with Gasteiger partial charge in [-0.3, -0.25) is 0 Å². The lowest BCUT2D eigenvalue weighted by atomic mass is 9.81. The Kier molecular flexibility index (Phi) is 10.2. The van der Waals surface area contributed by atoms with E-state index in [0.29, 0.717) is 0 Å². The maximum atomic E-state index is 15.8. The molecular weight excluding hydrogens is 839 g/mol. The first-order valence-electron chi connectivity index (χ1n) is 15.4. The Balaban J connectivity index is 2.19. The van der Waals surface area contributed by atoms with Gasteiger partial charge in [-0.25, -0.2) is 0 Å². The van der Waals surface area contributed by atoms with Gasteiger partial charge < -0.3 is 0 Å². The Morgan fingerprint density at radius 2 is 0.650 bits per heavy atom. The van der Waals surface area contributed by atoms with E-state index in [1.54, 1.807) is 0 Å². The fourth-order valence-corrected chi connectivity index (χ4v) is 6.67. The second-order valence-electron chi connectivity index (χ2n) is 12.1. The van der Waals surface area contributed by atoms with Crippen LogP contribution in [0.25, 0.3) is 33.4 Å². The maximum absolute atomic E-state index is 15.8. The van der Waals surface area contributed by atoms with E-state index in [0.717, 1.165) is 24.3 Å². The molecule has 5 rings (SSSR count). The molecule has 2 aliphatic carbocycles. The van der Waals surface area contributed by atoms with Crippen molar-refractivity contribution >= 4 is 33.4 Å². The molecule has 2 aliphatic rings. The second kappa shape index (κ2) is 14.1. The number of nitriles is 7. The molecule has 0 N–H and O–H groups in total. The van der Waals surface area contributed by atoms with Gasteiger partial charge >= 0.3 is 30.9 Å². The Morgan fingerprint density at radius 1 is 0.367 bits per heavy atom. The summed E-state index contributed by atoms with van der Waals surface area (Å²) in [6.45, 7) is 0. The van der Waals surface area contributed by atoms with E-state index in [9.17, 15) is 89.5 Å². The van der Waals surface area contributed by atoms with Crippen LogP contribution in [-0.2, 0) is 30.9 Å². The molecule has 0 aliphatic heterocycles. The molecule has 0 fully saturated rings. The molecule has 3 aromatic rings. The lowest BCUT2D eigenvalue weighted by Gasteiger charge is -2.22. The number of fused-ring (bicyclic) bond motifs is 2. The summed E-state index contributed by atoms with van der Waals surface area (Å²) in [4.78, 5) is 0. The molecule has 0 saturated heterocycles. The average Bonchev–Trinajstić information content (AvgIpc) is 3.66. The van der Waals surface area contributed by atoms with Crippen molar-refractivity contribution in [2.45, 2.75) is 30.9 Å². The first-order valence-corrected chi connectivity index (χ1v) is 15.4. The third-order valence-corrected chi connectivity index (χ3v) is 8.82. The van der Waals surface area contributed by atoms with Crippen molar-refractivity contribution in [3.8, 4) is 42.5 Å². The standard InChI is InChI=1S/C38H6F15N7/c39-34(40,41)18-1-14(2-19(5-18)35(42,43)44)25-22(11-58)29-24(13-60)30-23(12-59)26(15-3-20(36(45,46)47)6-21(4-15)37(48,49)50)28(17(9-56)10-57)32(30)33(38(51,52)53)31(29)27(25)16(7-54)8-55/h1-6H. The smallest absolute Gasteiger partial charge is 0.192 e. The van der Waals surface area contributed by atoms with Crippen LogP contribution < -0.4 is 0 Å². The van der Waals surface area contributed by atoms with Crippen LogP contribution in [0.1, 0.15) is 66.8 Å².